The van der Waals surface area contributed by atoms with Gasteiger partial charge in [-0.25, -0.2) is 4.79 Å². The van der Waals surface area contributed by atoms with Gasteiger partial charge in [-0.05, 0) is 70.2 Å². The first-order valence-corrected chi connectivity index (χ1v) is 8.93. The lowest BCUT2D eigenvalue weighted by atomic mass is 9.91. The van der Waals surface area contributed by atoms with Crippen molar-refractivity contribution in [2.24, 2.45) is 5.92 Å². The second-order valence-corrected chi connectivity index (χ2v) is 7.78. The number of allylic oxidation sites excluding steroid dienone is 1. The van der Waals surface area contributed by atoms with Crippen LogP contribution in [0, 0.1) is 19.8 Å². The van der Waals surface area contributed by atoms with E-state index < -0.39 is 5.60 Å². The normalized spacial score (nSPS) is 16.3. The summed E-state index contributed by atoms with van der Waals surface area (Å²) in [5.74, 6) is 0.130. The Morgan fingerprint density at radius 1 is 1.12 bits per heavy atom. The largest absolute Gasteiger partial charge is 0.444 e. The van der Waals surface area contributed by atoms with Crippen molar-refractivity contribution < 1.29 is 14.3 Å². The Hall–Kier alpha value is -2.10. The molecule has 1 aliphatic heterocycles. The number of amides is 1. The summed E-state index contributed by atoms with van der Waals surface area (Å²) in [5, 5.41) is 0. The molecule has 0 bridgehead atoms. The van der Waals surface area contributed by atoms with Crippen LogP contribution in [0.25, 0.3) is 6.08 Å². The molecule has 0 aromatic heterocycles. The number of carbonyl (C=O) groups is 2. The highest BCUT2D eigenvalue weighted by Gasteiger charge is 2.28. The maximum Gasteiger partial charge on any atom is 0.410 e. The SMILES string of the molecule is Cc1cccc(C)c1C=CC(=O)C1CCN(C(=O)OC(C)(C)C)CC1. The summed E-state index contributed by atoms with van der Waals surface area (Å²) in [7, 11) is 0. The van der Waals surface area contributed by atoms with Crippen molar-refractivity contribution in [1.29, 1.82) is 0 Å². The maximum absolute atomic E-state index is 12.5. The summed E-state index contributed by atoms with van der Waals surface area (Å²) >= 11 is 0. The number of carbonyl (C=O) groups excluding carboxylic acids is 2. The Morgan fingerprint density at radius 3 is 2.20 bits per heavy atom. The molecule has 0 spiro atoms. The van der Waals surface area contributed by atoms with Gasteiger partial charge in [-0.2, -0.15) is 0 Å². The molecule has 1 heterocycles. The molecule has 4 nitrogen and oxygen atoms in total. The van der Waals surface area contributed by atoms with E-state index >= 15 is 0 Å². The standard InChI is InChI=1S/C21H29NO3/c1-15-7-6-8-16(2)18(15)9-10-19(23)17-11-13-22(14-12-17)20(24)25-21(3,4)5/h6-10,17H,11-14H2,1-5H3. The van der Waals surface area contributed by atoms with E-state index in [1.54, 1.807) is 11.0 Å². The minimum Gasteiger partial charge on any atom is -0.444 e. The van der Waals surface area contributed by atoms with Gasteiger partial charge < -0.3 is 9.64 Å². The van der Waals surface area contributed by atoms with E-state index in [0.717, 1.165) is 5.56 Å². The summed E-state index contributed by atoms with van der Waals surface area (Å²) in [5.41, 5.74) is 2.97. The fourth-order valence-corrected chi connectivity index (χ4v) is 3.06. The van der Waals surface area contributed by atoms with Gasteiger partial charge in [0, 0.05) is 19.0 Å². The third kappa shape index (κ3) is 5.45. The number of piperidine rings is 1. The summed E-state index contributed by atoms with van der Waals surface area (Å²) in [6.45, 7) is 10.8. The van der Waals surface area contributed by atoms with Crippen molar-refractivity contribution >= 4 is 18.0 Å². The molecule has 1 aromatic carbocycles. The third-order valence-corrected chi connectivity index (χ3v) is 4.51. The first-order chi connectivity index (χ1) is 11.7. The van der Waals surface area contributed by atoms with E-state index in [1.165, 1.54) is 11.1 Å². The number of ketones is 1. The summed E-state index contributed by atoms with van der Waals surface area (Å²) in [6, 6.07) is 6.13. The topological polar surface area (TPSA) is 46.6 Å². The van der Waals surface area contributed by atoms with Gasteiger partial charge in [0.25, 0.3) is 0 Å². The van der Waals surface area contributed by atoms with Crippen LogP contribution in [0.1, 0.15) is 50.3 Å². The van der Waals surface area contributed by atoms with Crippen LogP contribution in [0.15, 0.2) is 24.3 Å². The van der Waals surface area contributed by atoms with Gasteiger partial charge in [0.15, 0.2) is 5.78 Å². The molecule has 1 saturated heterocycles. The fraction of sp³-hybridized carbons (Fsp3) is 0.524. The zero-order chi connectivity index (χ0) is 18.6. The summed E-state index contributed by atoms with van der Waals surface area (Å²) in [4.78, 5) is 26.3. The Balaban J connectivity index is 1.91. The molecule has 4 heteroatoms. The first-order valence-electron chi connectivity index (χ1n) is 8.93. The molecule has 1 amide bonds. The van der Waals surface area contributed by atoms with Gasteiger partial charge in [0.2, 0.25) is 0 Å². The van der Waals surface area contributed by atoms with Crippen molar-refractivity contribution in [1.82, 2.24) is 4.90 Å². The number of aryl methyl sites for hydroxylation is 2. The van der Waals surface area contributed by atoms with Crippen LogP contribution >= 0.6 is 0 Å². The van der Waals surface area contributed by atoms with Crippen molar-refractivity contribution in [2.45, 2.75) is 53.1 Å². The monoisotopic (exact) mass is 343 g/mol. The lowest BCUT2D eigenvalue weighted by molar-refractivity contribution is -0.119. The van der Waals surface area contributed by atoms with Gasteiger partial charge in [0.1, 0.15) is 5.60 Å². The Labute approximate surface area is 150 Å². The van der Waals surface area contributed by atoms with Gasteiger partial charge in [-0.15, -0.1) is 0 Å². The molecular formula is C21H29NO3. The maximum atomic E-state index is 12.5. The van der Waals surface area contributed by atoms with E-state index in [0.29, 0.717) is 25.9 Å². The highest BCUT2D eigenvalue weighted by Crippen LogP contribution is 2.22. The zero-order valence-corrected chi connectivity index (χ0v) is 16.0. The number of likely N-dealkylation sites (tertiary alicyclic amines) is 1. The molecule has 1 aromatic rings. The third-order valence-electron chi connectivity index (χ3n) is 4.51. The molecule has 2 rings (SSSR count). The van der Waals surface area contributed by atoms with Gasteiger partial charge >= 0.3 is 6.09 Å². The molecule has 25 heavy (non-hydrogen) atoms. The quantitative estimate of drug-likeness (QED) is 0.757. The van der Waals surface area contributed by atoms with Gasteiger partial charge in [0.05, 0.1) is 0 Å². The second kappa shape index (κ2) is 7.85. The Morgan fingerprint density at radius 2 is 1.68 bits per heavy atom. The van der Waals surface area contributed by atoms with Crippen LogP contribution in [0.5, 0.6) is 0 Å². The number of rotatable bonds is 3. The smallest absolute Gasteiger partial charge is 0.410 e. The molecule has 0 atom stereocenters. The summed E-state index contributed by atoms with van der Waals surface area (Å²) < 4.78 is 5.39. The van der Waals surface area contributed by atoms with E-state index in [2.05, 4.69) is 26.0 Å². The Bertz CT molecular complexity index is 642. The predicted octanol–water partition coefficient (Wildman–Crippen LogP) is 4.53. The number of hydrogen-bond donors (Lipinski definition) is 0. The minimum atomic E-state index is -0.488. The minimum absolute atomic E-state index is 0.0146. The number of nitrogens with zero attached hydrogens (tertiary/aromatic N) is 1. The van der Waals surface area contributed by atoms with Crippen LogP contribution in [0.3, 0.4) is 0 Å². The van der Waals surface area contributed by atoms with Gasteiger partial charge in [-0.1, -0.05) is 24.3 Å². The lowest BCUT2D eigenvalue weighted by Gasteiger charge is -2.32. The van der Waals surface area contributed by atoms with Crippen molar-refractivity contribution in [2.75, 3.05) is 13.1 Å². The number of benzene rings is 1. The van der Waals surface area contributed by atoms with Crippen LogP contribution in [-0.4, -0.2) is 35.5 Å². The van der Waals surface area contributed by atoms with Crippen LogP contribution < -0.4 is 0 Å². The molecule has 1 aliphatic rings. The second-order valence-electron chi connectivity index (χ2n) is 7.78. The van der Waals surface area contributed by atoms with Crippen molar-refractivity contribution in [3.8, 4) is 0 Å². The average Bonchev–Trinajstić information content (AvgIpc) is 2.52. The molecule has 0 unspecified atom stereocenters. The van der Waals surface area contributed by atoms with E-state index in [9.17, 15) is 9.59 Å². The predicted molar refractivity (Wildman–Crippen MR) is 100 cm³/mol. The molecule has 0 saturated carbocycles. The van der Waals surface area contributed by atoms with E-state index in [-0.39, 0.29) is 17.8 Å². The zero-order valence-electron chi connectivity index (χ0n) is 16.0. The summed E-state index contributed by atoms with van der Waals surface area (Å²) in [6.07, 6.45) is 4.71. The fourth-order valence-electron chi connectivity index (χ4n) is 3.06. The molecule has 0 N–H and O–H groups in total. The van der Waals surface area contributed by atoms with Crippen molar-refractivity contribution in [3.05, 3.63) is 41.0 Å². The van der Waals surface area contributed by atoms with Crippen LogP contribution in [-0.2, 0) is 9.53 Å². The van der Waals surface area contributed by atoms with E-state index in [1.807, 2.05) is 32.9 Å². The highest BCUT2D eigenvalue weighted by atomic mass is 16.6. The van der Waals surface area contributed by atoms with Crippen molar-refractivity contribution in [3.63, 3.8) is 0 Å². The van der Waals surface area contributed by atoms with Crippen LogP contribution in [0.4, 0.5) is 4.79 Å². The van der Waals surface area contributed by atoms with Gasteiger partial charge in [-0.3, -0.25) is 4.79 Å². The lowest BCUT2D eigenvalue weighted by Crippen LogP contribution is -2.42. The van der Waals surface area contributed by atoms with Crippen LogP contribution in [0.2, 0.25) is 0 Å². The first kappa shape index (κ1) is 19.2. The number of ether oxygens (including phenoxy) is 1. The molecular weight excluding hydrogens is 314 g/mol. The highest BCUT2D eigenvalue weighted by molar-refractivity contribution is 5.95. The molecule has 0 aliphatic carbocycles. The van der Waals surface area contributed by atoms with E-state index in [4.69, 9.17) is 4.74 Å². The molecule has 1 fully saturated rings. The molecule has 136 valence electrons. The average molecular weight is 343 g/mol. The molecule has 0 radical (unpaired) electrons. The number of hydrogen-bond acceptors (Lipinski definition) is 3. The Kier molecular flexibility index (Phi) is 6.04.